The van der Waals surface area contributed by atoms with Gasteiger partial charge in [0.05, 0.1) is 19.0 Å². The van der Waals surface area contributed by atoms with Crippen LogP contribution in [0.15, 0.2) is 60.7 Å². The number of hydrogen-bond donors (Lipinski definition) is 6. The van der Waals surface area contributed by atoms with Crippen molar-refractivity contribution in [2.75, 3.05) is 6.54 Å². The second-order valence-electron chi connectivity index (χ2n) is 7.82. The van der Waals surface area contributed by atoms with E-state index in [0.717, 1.165) is 5.56 Å². The number of carbonyl (C=O) groups excluding carboxylic acids is 3. The van der Waals surface area contributed by atoms with Gasteiger partial charge in [0, 0.05) is 12.8 Å². The largest absolute Gasteiger partial charge is 0.481 e. The highest BCUT2D eigenvalue weighted by Gasteiger charge is 2.27. The van der Waals surface area contributed by atoms with E-state index in [1.54, 1.807) is 60.7 Å². The summed E-state index contributed by atoms with van der Waals surface area (Å²) >= 11 is 0. The van der Waals surface area contributed by atoms with Crippen molar-refractivity contribution >= 4 is 29.7 Å². The van der Waals surface area contributed by atoms with Crippen molar-refractivity contribution in [1.29, 1.82) is 0 Å². The van der Waals surface area contributed by atoms with Gasteiger partial charge in [-0.1, -0.05) is 60.7 Å². The zero-order chi connectivity index (χ0) is 25.8. The summed E-state index contributed by atoms with van der Waals surface area (Å²) in [4.78, 5) is 59.7. The number of carboxylic acid groups (broad SMARTS) is 2. The summed E-state index contributed by atoms with van der Waals surface area (Å²) in [6, 6.07) is 13.9. The molecule has 0 fully saturated rings. The maximum Gasteiger partial charge on any atom is 0.326 e. The normalized spacial score (nSPS) is 13.1. The van der Waals surface area contributed by atoms with E-state index in [4.69, 9.17) is 10.8 Å². The first kappa shape index (κ1) is 27.0. The molecule has 3 amide bonds. The topological polar surface area (TPSA) is 188 Å². The Labute approximate surface area is 201 Å². The van der Waals surface area contributed by atoms with Crippen LogP contribution in [0, 0.1) is 0 Å². The van der Waals surface area contributed by atoms with Gasteiger partial charge in [0.2, 0.25) is 17.7 Å². The molecule has 2 aromatic rings. The van der Waals surface area contributed by atoms with Crippen LogP contribution < -0.4 is 21.7 Å². The van der Waals surface area contributed by atoms with Crippen molar-refractivity contribution in [3.63, 3.8) is 0 Å². The number of amides is 3. The number of carboxylic acids is 2. The Morgan fingerprint density at radius 1 is 0.743 bits per heavy atom. The Morgan fingerprint density at radius 2 is 1.26 bits per heavy atom. The average Bonchev–Trinajstić information content (AvgIpc) is 2.82. The fourth-order valence-electron chi connectivity index (χ4n) is 3.21. The first-order chi connectivity index (χ1) is 16.7. The highest BCUT2D eigenvalue weighted by atomic mass is 16.4. The molecule has 2 aromatic carbocycles. The van der Waals surface area contributed by atoms with E-state index in [-0.39, 0.29) is 12.8 Å². The standard InChI is InChI=1S/C24H28N4O7/c25-17(13-21(30)31)22(32)26-14-20(29)27-18(11-15-7-3-1-4-8-15)23(33)28-19(24(34)35)12-16-9-5-2-6-10-16/h1-10,17-19H,11-14,25H2,(H,26,32)(H,27,29)(H,28,33)(H,30,31)(H,34,35). The summed E-state index contributed by atoms with van der Waals surface area (Å²) in [5, 5.41) is 25.5. The molecule has 11 heteroatoms. The number of rotatable bonds is 13. The lowest BCUT2D eigenvalue weighted by atomic mass is 10.0. The molecule has 11 nitrogen and oxygen atoms in total. The zero-order valence-corrected chi connectivity index (χ0v) is 18.8. The van der Waals surface area contributed by atoms with E-state index in [1.807, 2.05) is 0 Å². The fraction of sp³-hybridized carbons (Fsp3) is 0.292. The Morgan fingerprint density at radius 3 is 1.74 bits per heavy atom. The maximum atomic E-state index is 13.0. The van der Waals surface area contributed by atoms with E-state index in [2.05, 4.69) is 16.0 Å². The monoisotopic (exact) mass is 484 g/mol. The highest BCUT2D eigenvalue weighted by molar-refractivity contribution is 5.93. The van der Waals surface area contributed by atoms with Crippen molar-refractivity contribution < 1.29 is 34.2 Å². The molecule has 0 saturated carbocycles. The van der Waals surface area contributed by atoms with Gasteiger partial charge in [-0.25, -0.2) is 4.79 Å². The van der Waals surface area contributed by atoms with E-state index >= 15 is 0 Å². The van der Waals surface area contributed by atoms with Crippen molar-refractivity contribution in [2.45, 2.75) is 37.4 Å². The van der Waals surface area contributed by atoms with Gasteiger partial charge < -0.3 is 31.9 Å². The van der Waals surface area contributed by atoms with E-state index in [9.17, 15) is 29.1 Å². The fourth-order valence-corrected chi connectivity index (χ4v) is 3.21. The molecule has 0 aliphatic carbocycles. The molecule has 2 rings (SSSR count). The molecule has 3 atom stereocenters. The van der Waals surface area contributed by atoms with Gasteiger partial charge in [-0.2, -0.15) is 0 Å². The van der Waals surface area contributed by atoms with Crippen LogP contribution in [0.5, 0.6) is 0 Å². The van der Waals surface area contributed by atoms with Gasteiger partial charge in [-0.05, 0) is 11.1 Å². The Bertz CT molecular complexity index is 1030. The van der Waals surface area contributed by atoms with Crippen LogP contribution in [0.4, 0.5) is 0 Å². The molecule has 3 unspecified atom stereocenters. The van der Waals surface area contributed by atoms with Crippen LogP contribution in [0.1, 0.15) is 17.5 Å². The summed E-state index contributed by atoms with van der Waals surface area (Å²) in [5.41, 5.74) is 6.89. The van der Waals surface area contributed by atoms with Gasteiger partial charge in [0.1, 0.15) is 12.1 Å². The molecule has 0 saturated heterocycles. The molecule has 7 N–H and O–H groups in total. The minimum atomic E-state index is -1.34. The minimum absolute atomic E-state index is 0.0471. The summed E-state index contributed by atoms with van der Waals surface area (Å²) in [6.07, 6.45) is -0.488. The Balaban J connectivity index is 2.07. The molecule has 0 aromatic heterocycles. The van der Waals surface area contributed by atoms with Crippen LogP contribution >= 0.6 is 0 Å². The van der Waals surface area contributed by atoms with Gasteiger partial charge >= 0.3 is 11.9 Å². The third-order valence-electron chi connectivity index (χ3n) is 4.99. The van der Waals surface area contributed by atoms with Crippen molar-refractivity contribution in [2.24, 2.45) is 5.73 Å². The molecule has 186 valence electrons. The smallest absolute Gasteiger partial charge is 0.326 e. The predicted octanol–water partition coefficient (Wildman–Crippen LogP) is -0.556. The number of nitrogens with one attached hydrogen (secondary N) is 3. The third kappa shape index (κ3) is 9.64. The first-order valence-corrected chi connectivity index (χ1v) is 10.8. The lowest BCUT2D eigenvalue weighted by Crippen LogP contribution is -2.55. The zero-order valence-electron chi connectivity index (χ0n) is 18.8. The van der Waals surface area contributed by atoms with Gasteiger partial charge in [0.15, 0.2) is 0 Å². The lowest BCUT2D eigenvalue weighted by Gasteiger charge is -2.22. The predicted molar refractivity (Wildman–Crippen MR) is 125 cm³/mol. The maximum absolute atomic E-state index is 13.0. The van der Waals surface area contributed by atoms with E-state index in [0.29, 0.717) is 5.56 Å². The quantitative estimate of drug-likeness (QED) is 0.218. The van der Waals surface area contributed by atoms with Crippen molar-refractivity contribution in [3.8, 4) is 0 Å². The second kappa shape index (κ2) is 13.5. The summed E-state index contributed by atoms with van der Waals surface area (Å²) in [7, 11) is 0. The lowest BCUT2D eigenvalue weighted by molar-refractivity contribution is -0.142. The SMILES string of the molecule is NC(CC(=O)O)C(=O)NCC(=O)NC(Cc1ccccc1)C(=O)NC(Cc1ccccc1)C(=O)O. The van der Waals surface area contributed by atoms with Crippen LogP contribution in [0.3, 0.4) is 0 Å². The van der Waals surface area contributed by atoms with Gasteiger partial charge in [-0.3, -0.25) is 19.2 Å². The van der Waals surface area contributed by atoms with Crippen LogP contribution in [0.25, 0.3) is 0 Å². The summed E-state index contributed by atoms with van der Waals surface area (Å²) < 4.78 is 0. The van der Waals surface area contributed by atoms with E-state index in [1.165, 1.54) is 0 Å². The molecule has 0 bridgehead atoms. The molecule has 0 spiro atoms. The minimum Gasteiger partial charge on any atom is -0.481 e. The Hall–Kier alpha value is -4.25. The highest BCUT2D eigenvalue weighted by Crippen LogP contribution is 2.07. The van der Waals surface area contributed by atoms with Crippen LogP contribution in [-0.2, 0) is 36.8 Å². The molecule has 0 radical (unpaired) electrons. The molecule has 35 heavy (non-hydrogen) atoms. The molecule has 0 aliphatic rings. The van der Waals surface area contributed by atoms with Gasteiger partial charge in [-0.15, -0.1) is 0 Å². The average molecular weight is 485 g/mol. The molecular weight excluding hydrogens is 456 g/mol. The number of carbonyl (C=O) groups is 5. The number of nitrogens with two attached hydrogens (primary N) is 1. The van der Waals surface area contributed by atoms with Crippen molar-refractivity contribution in [3.05, 3.63) is 71.8 Å². The Kier molecular flexibility index (Phi) is 10.4. The van der Waals surface area contributed by atoms with Crippen molar-refractivity contribution in [1.82, 2.24) is 16.0 Å². The second-order valence-corrected chi connectivity index (χ2v) is 7.82. The number of benzene rings is 2. The molecular formula is C24H28N4O7. The summed E-state index contributed by atoms with van der Waals surface area (Å²) in [5.74, 6) is -4.77. The van der Waals surface area contributed by atoms with Crippen LogP contribution in [0.2, 0.25) is 0 Å². The first-order valence-electron chi connectivity index (χ1n) is 10.8. The number of hydrogen-bond acceptors (Lipinski definition) is 6. The molecule has 0 aliphatic heterocycles. The van der Waals surface area contributed by atoms with Crippen LogP contribution in [-0.4, -0.2) is 64.5 Å². The summed E-state index contributed by atoms with van der Waals surface area (Å²) in [6.45, 7) is -0.545. The third-order valence-corrected chi connectivity index (χ3v) is 4.99. The van der Waals surface area contributed by atoms with Gasteiger partial charge in [0.25, 0.3) is 0 Å². The molecule has 0 heterocycles. The number of aliphatic carboxylic acids is 2. The van der Waals surface area contributed by atoms with E-state index < -0.39 is 60.8 Å².